The van der Waals surface area contributed by atoms with Crippen LogP contribution in [0.4, 0.5) is 5.82 Å². The molecule has 0 bridgehead atoms. The second kappa shape index (κ2) is 5.89. The SMILES string of the molecule is CC(C)c1cc(NC(=O)Cc2ccc(Cl)cc2)n[nH]1. The Bertz CT molecular complexity index is 560. The van der Waals surface area contributed by atoms with Gasteiger partial charge in [0.05, 0.1) is 6.42 Å². The number of nitrogens with one attached hydrogen (secondary N) is 2. The van der Waals surface area contributed by atoms with Gasteiger partial charge in [0.25, 0.3) is 0 Å². The molecule has 2 N–H and O–H groups in total. The lowest BCUT2D eigenvalue weighted by molar-refractivity contribution is -0.115. The summed E-state index contributed by atoms with van der Waals surface area (Å²) in [6.45, 7) is 4.12. The third kappa shape index (κ3) is 3.83. The van der Waals surface area contributed by atoms with E-state index in [9.17, 15) is 4.79 Å². The zero-order valence-electron chi connectivity index (χ0n) is 10.9. The first-order valence-corrected chi connectivity index (χ1v) is 6.52. The minimum atomic E-state index is -0.0934. The molecule has 0 radical (unpaired) electrons. The molecule has 0 aliphatic carbocycles. The average molecular weight is 278 g/mol. The smallest absolute Gasteiger partial charge is 0.229 e. The van der Waals surface area contributed by atoms with Crippen molar-refractivity contribution in [3.63, 3.8) is 0 Å². The van der Waals surface area contributed by atoms with Crippen molar-refractivity contribution >= 4 is 23.3 Å². The lowest BCUT2D eigenvalue weighted by Gasteiger charge is -2.02. The van der Waals surface area contributed by atoms with Gasteiger partial charge in [0.15, 0.2) is 5.82 Å². The molecule has 4 nitrogen and oxygen atoms in total. The van der Waals surface area contributed by atoms with E-state index >= 15 is 0 Å². The Hall–Kier alpha value is -1.81. The van der Waals surface area contributed by atoms with Gasteiger partial charge < -0.3 is 5.32 Å². The van der Waals surface area contributed by atoms with Gasteiger partial charge in [-0.15, -0.1) is 0 Å². The molecule has 1 heterocycles. The summed E-state index contributed by atoms with van der Waals surface area (Å²) in [5.41, 5.74) is 1.92. The monoisotopic (exact) mass is 277 g/mol. The summed E-state index contributed by atoms with van der Waals surface area (Å²) in [4.78, 5) is 11.8. The van der Waals surface area contributed by atoms with E-state index < -0.39 is 0 Å². The number of halogens is 1. The van der Waals surface area contributed by atoms with Gasteiger partial charge in [-0.25, -0.2) is 0 Å². The van der Waals surface area contributed by atoms with Crippen LogP contribution < -0.4 is 5.32 Å². The minimum Gasteiger partial charge on any atom is -0.309 e. The predicted octanol–water partition coefficient (Wildman–Crippen LogP) is 3.37. The highest BCUT2D eigenvalue weighted by Crippen LogP contribution is 2.15. The summed E-state index contributed by atoms with van der Waals surface area (Å²) in [5.74, 6) is 0.821. The number of nitrogens with zero attached hydrogens (tertiary/aromatic N) is 1. The van der Waals surface area contributed by atoms with Gasteiger partial charge >= 0.3 is 0 Å². The molecule has 0 atom stereocenters. The number of rotatable bonds is 4. The first kappa shape index (κ1) is 13.6. The number of benzene rings is 1. The van der Waals surface area contributed by atoms with Gasteiger partial charge in [-0.1, -0.05) is 37.6 Å². The molecule has 0 saturated carbocycles. The van der Waals surface area contributed by atoms with Crippen LogP contribution in [0.5, 0.6) is 0 Å². The Balaban J connectivity index is 1.95. The van der Waals surface area contributed by atoms with E-state index in [0.29, 0.717) is 23.2 Å². The van der Waals surface area contributed by atoms with E-state index in [2.05, 4.69) is 29.4 Å². The highest BCUT2D eigenvalue weighted by Gasteiger charge is 2.08. The minimum absolute atomic E-state index is 0.0934. The van der Waals surface area contributed by atoms with Gasteiger partial charge in [-0.05, 0) is 23.6 Å². The summed E-state index contributed by atoms with van der Waals surface area (Å²) in [7, 11) is 0. The van der Waals surface area contributed by atoms with E-state index in [-0.39, 0.29) is 5.91 Å². The van der Waals surface area contributed by atoms with E-state index in [0.717, 1.165) is 11.3 Å². The fraction of sp³-hybridized carbons (Fsp3) is 0.286. The maximum atomic E-state index is 11.8. The lowest BCUT2D eigenvalue weighted by Crippen LogP contribution is -2.14. The summed E-state index contributed by atoms with van der Waals surface area (Å²) in [6.07, 6.45) is 0.307. The molecular formula is C14H16ClN3O. The van der Waals surface area contributed by atoms with Gasteiger partial charge in [0.2, 0.25) is 5.91 Å². The lowest BCUT2D eigenvalue weighted by atomic mass is 10.1. The number of carbonyl (C=O) groups is 1. The molecule has 100 valence electrons. The quantitative estimate of drug-likeness (QED) is 0.900. The van der Waals surface area contributed by atoms with Crippen molar-refractivity contribution in [2.24, 2.45) is 0 Å². The van der Waals surface area contributed by atoms with Crippen molar-refractivity contribution in [1.29, 1.82) is 0 Å². The number of hydrogen-bond donors (Lipinski definition) is 2. The van der Waals surface area contributed by atoms with Crippen molar-refractivity contribution in [2.45, 2.75) is 26.2 Å². The van der Waals surface area contributed by atoms with Crippen LogP contribution >= 0.6 is 11.6 Å². The third-order valence-corrected chi connectivity index (χ3v) is 3.02. The van der Waals surface area contributed by atoms with Gasteiger partial charge in [0.1, 0.15) is 0 Å². The summed E-state index contributed by atoms with van der Waals surface area (Å²) in [5, 5.41) is 10.4. The summed E-state index contributed by atoms with van der Waals surface area (Å²) in [6, 6.07) is 9.08. The fourth-order valence-corrected chi connectivity index (χ4v) is 1.80. The molecule has 2 rings (SSSR count). The van der Waals surface area contributed by atoms with Gasteiger partial charge in [0, 0.05) is 16.8 Å². The highest BCUT2D eigenvalue weighted by atomic mass is 35.5. The third-order valence-electron chi connectivity index (χ3n) is 2.77. The van der Waals surface area contributed by atoms with Crippen molar-refractivity contribution in [1.82, 2.24) is 10.2 Å². The van der Waals surface area contributed by atoms with Crippen LogP contribution in [0.1, 0.15) is 31.0 Å². The van der Waals surface area contributed by atoms with Crippen LogP contribution in [0.3, 0.4) is 0 Å². The standard InChI is InChI=1S/C14H16ClN3O/c1-9(2)12-8-13(18-17-12)16-14(19)7-10-3-5-11(15)6-4-10/h3-6,8-9H,7H2,1-2H3,(H2,16,17,18,19). The molecule has 1 amide bonds. The molecule has 0 spiro atoms. The van der Waals surface area contributed by atoms with Crippen LogP contribution in [-0.2, 0) is 11.2 Å². The molecule has 1 aromatic heterocycles. The molecule has 5 heteroatoms. The molecule has 0 aliphatic heterocycles. The molecule has 0 aliphatic rings. The van der Waals surface area contributed by atoms with E-state index in [4.69, 9.17) is 11.6 Å². The molecule has 0 saturated heterocycles. The first-order chi connectivity index (χ1) is 9.04. The predicted molar refractivity (Wildman–Crippen MR) is 76.5 cm³/mol. The second-order valence-corrected chi connectivity index (χ2v) is 5.15. The topological polar surface area (TPSA) is 57.8 Å². The van der Waals surface area contributed by atoms with Crippen molar-refractivity contribution in [3.05, 3.63) is 46.6 Å². The number of H-pyrrole nitrogens is 1. The average Bonchev–Trinajstić information content (AvgIpc) is 2.80. The fourth-order valence-electron chi connectivity index (χ4n) is 1.67. The van der Waals surface area contributed by atoms with Crippen LogP contribution in [0.25, 0.3) is 0 Å². The number of hydrogen-bond acceptors (Lipinski definition) is 2. The zero-order valence-corrected chi connectivity index (χ0v) is 11.7. The van der Waals surface area contributed by atoms with Crippen molar-refractivity contribution < 1.29 is 4.79 Å². The molecule has 1 aromatic carbocycles. The molecule has 2 aromatic rings. The largest absolute Gasteiger partial charge is 0.309 e. The number of amides is 1. The number of anilines is 1. The van der Waals surface area contributed by atoms with Crippen molar-refractivity contribution in [3.8, 4) is 0 Å². The van der Waals surface area contributed by atoms with Gasteiger partial charge in [-0.3, -0.25) is 9.89 Å². The zero-order chi connectivity index (χ0) is 13.8. The Morgan fingerprint density at radius 3 is 2.63 bits per heavy atom. The number of carbonyl (C=O) groups excluding carboxylic acids is 1. The normalized spacial score (nSPS) is 10.7. The van der Waals surface area contributed by atoms with E-state index in [1.165, 1.54) is 0 Å². The number of aromatic amines is 1. The molecule has 0 unspecified atom stereocenters. The van der Waals surface area contributed by atoms with Crippen LogP contribution in [0.15, 0.2) is 30.3 Å². The van der Waals surface area contributed by atoms with Crippen molar-refractivity contribution in [2.75, 3.05) is 5.32 Å². The summed E-state index contributed by atoms with van der Waals surface area (Å²) >= 11 is 5.80. The first-order valence-electron chi connectivity index (χ1n) is 6.14. The second-order valence-electron chi connectivity index (χ2n) is 4.71. The number of aromatic nitrogens is 2. The molecular weight excluding hydrogens is 262 g/mol. The maximum Gasteiger partial charge on any atom is 0.229 e. The Morgan fingerprint density at radius 2 is 2.05 bits per heavy atom. The van der Waals surface area contributed by atoms with Crippen LogP contribution in [-0.4, -0.2) is 16.1 Å². The molecule has 19 heavy (non-hydrogen) atoms. The van der Waals surface area contributed by atoms with E-state index in [1.54, 1.807) is 12.1 Å². The van der Waals surface area contributed by atoms with Gasteiger partial charge in [-0.2, -0.15) is 5.10 Å². The maximum absolute atomic E-state index is 11.8. The Morgan fingerprint density at radius 1 is 1.37 bits per heavy atom. The van der Waals surface area contributed by atoms with Crippen LogP contribution in [0, 0.1) is 0 Å². The highest BCUT2D eigenvalue weighted by molar-refractivity contribution is 6.30. The van der Waals surface area contributed by atoms with Crippen LogP contribution in [0.2, 0.25) is 5.02 Å². The Labute approximate surface area is 117 Å². The Kier molecular flexibility index (Phi) is 4.22. The molecule has 0 fully saturated rings. The summed E-state index contributed by atoms with van der Waals surface area (Å²) < 4.78 is 0. The van der Waals surface area contributed by atoms with E-state index in [1.807, 2.05) is 18.2 Å².